The van der Waals surface area contributed by atoms with E-state index in [1.165, 1.54) is 0 Å². The second-order valence-electron chi connectivity index (χ2n) is 7.46. The van der Waals surface area contributed by atoms with Crippen LogP contribution in [0.2, 0.25) is 0 Å². The normalized spacial score (nSPS) is 14.7. The van der Waals surface area contributed by atoms with Crippen molar-refractivity contribution < 1.29 is 9.59 Å². The highest BCUT2D eigenvalue weighted by molar-refractivity contribution is 5.93. The van der Waals surface area contributed by atoms with E-state index in [9.17, 15) is 9.59 Å². The van der Waals surface area contributed by atoms with E-state index >= 15 is 0 Å². The number of carbonyl (C=O) groups excluding carboxylic acids is 2. The first-order chi connectivity index (χ1) is 14.1. The zero-order chi connectivity index (χ0) is 20.6. The fraction of sp³-hybridized carbons (Fsp3) is 0.391. The molecule has 6 nitrogen and oxygen atoms in total. The molecule has 1 aliphatic rings. The van der Waals surface area contributed by atoms with Gasteiger partial charge in [-0.25, -0.2) is 0 Å². The van der Waals surface area contributed by atoms with Gasteiger partial charge in [-0.05, 0) is 30.0 Å². The van der Waals surface area contributed by atoms with Crippen LogP contribution in [0.25, 0.3) is 0 Å². The predicted octanol–water partition coefficient (Wildman–Crippen LogP) is 2.75. The Morgan fingerprint density at radius 3 is 2.23 bits per heavy atom. The molecule has 0 saturated carbocycles. The largest absolute Gasteiger partial charge is 0.339 e. The molecular formula is C23H32Cl2N4O2. The summed E-state index contributed by atoms with van der Waals surface area (Å²) in [4.78, 5) is 29.0. The van der Waals surface area contributed by atoms with Gasteiger partial charge < -0.3 is 16.0 Å². The van der Waals surface area contributed by atoms with E-state index < -0.39 is 6.04 Å². The van der Waals surface area contributed by atoms with Crippen LogP contribution < -0.4 is 11.1 Å². The quantitative estimate of drug-likeness (QED) is 0.657. The van der Waals surface area contributed by atoms with E-state index in [4.69, 9.17) is 5.73 Å². The maximum Gasteiger partial charge on any atom is 0.239 e. The number of halogens is 2. The molecule has 0 aromatic heterocycles. The third kappa shape index (κ3) is 7.82. The van der Waals surface area contributed by atoms with Crippen LogP contribution >= 0.6 is 24.8 Å². The minimum atomic E-state index is -0.530. The number of piperazine rings is 1. The molecule has 0 spiro atoms. The first kappa shape index (κ1) is 26.9. The van der Waals surface area contributed by atoms with E-state index in [0.29, 0.717) is 39.1 Å². The number of nitrogens with one attached hydrogen (secondary N) is 1. The van der Waals surface area contributed by atoms with E-state index in [-0.39, 0.29) is 36.6 Å². The van der Waals surface area contributed by atoms with Gasteiger partial charge in [0.1, 0.15) is 0 Å². The van der Waals surface area contributed by atoms with Crippen molar-refractivity contribution in [1.82, 2.24) is 9.80 Å². The van der Waals surface area contributed by atoms with Gasteiger partial charge in [0.15, 0.2) is 0 Å². The number of carbonyl (C=O) groups is 2. The van der Waals surface area contributed by atoms with Gasteiger partial charge in [-0.3, -0.25) is 14.5 Å². The summed E-state index contributed by atoms with van der Waals surface area (Å²) >= 11 is 0. The number of nitrogens with two attached hydrogens (primary N) is 1. The smallest absolute Gasteiger partial charge is 0.239 e. The molecule has 0 aliphatic carbocycles. The van der Waals surface area contributed by atoms with Crippen molar-refractivity contribution in [1.29, 1.82) is 0 Å². The lowest BCUT2D eigenvalue weighted by Crippen LogP contribution is -2.54. The molecule has 2 aromatic carbocycles. The number of hydrogen-bond acceptors (Lipinski definition) is 4. The molecule has 3 rings (SSSR count). The summed E-state index contributed by atoms with van der Waals surface area (Å²) in [6.45, 7) is 4.94. The fourth-order valence-corrected chi connectivity index (χ4v) is 3.66. The molecule has 3 N–H and O–H groups in total. The third-order valence-electron chi connectivity index (χ3n) is 5.34. The van der Waals surface area contributed by atoms with Crippen LogP contribution in [0, 0.1) is 0 Å². The maximum absolute atomic E-state index is 12.6. The van der Waals surface area contributed by atoms with Crippen molar-refractivity contribution >= 4 is 42.3 Å². The molecule has 1 heterocycles. The van der Waals surface area contributed by atoms with Crippen molar-refractivity contribution in [3.63, 3.8) is 0 Å². The standard InChI is InChI=1S/C23H30N4O2.2ClH/c1-2-19-10-6-7-11-21(19)25-22(28)17-26-12-14-27(15-13-26)23(29)20(24)16-18-8-4-3-5-9-18;;/h3-11,20H,2,12-17,24H2,1H3,(H,25,28);2*1H. The van der Waals surface area contributed by atoms with E-state index in [1.807, 2.05) is 59.5 Å². The summed E-state index contributed by atoms with van der Waals surface area (Å²) in [6, 6.07) is 17.2. The van der Waals surface area contributed by atoms with Gasteiger partial charge in [0.25, 0.3) is 0 Å². The molecule has 0 bridgehead atoms. The molecular weight excluding hydrogens is 435 g/mol. The number of nitrogens with zero attached hydrogens (tertiary/aromatic N) is 2. The van der Waals surface area contributed by atoms with Crippen LogP contribution in [0.1, 0.15) is 18.1 Å². The molecule has 1 saturated heterocycles. The minimum absolute atomic E-state index is 0. The molecule has 31 heavy (non-hydrogen) atoms. The van der Waals surface area contributed by atoms with Crippen LogP contribution in [0.4, 0.5) is 5.69 Å². The number of rotatable bonds is 7. The molecule has 2 amide bonds. The zero-order valence-corrected chi connectivity index (χ0v) is 19.5. The highest BCUT2D eigenvalue weighted by Gasteiger charge is 2.26. The summed E-state index contributed by atoms with van der Waals surface area (Å²) in [5.41, 5.74) is 9.21. The monoisotopic (exact) mass is 466 g/mol. The SMILES string of the molecule is CCc1ccccc1NC(=O)CN1CCN(C(=O)C(N)Cc2ccccc2)CC1.Cl.Cl. The predicted molar refractivity (Wildman–Crippen MR) is 130 cm³/mol. The maximum atomic E-state index is 12.6. The lowest BCUT2D eigenvalue weighted by molar-refractivity contribution is -0.134. The number of hydrogen-bond donors (Lipinski definition) is 2. The Balaban J connectivity index is 0.00000240. The molecule has 2 aromatic rings. The van der Waals surface area contributed by atoms with E-state index in [1.54, 1.807) is 0 Å². The summed E-state index contributed by atoms with van der Waals surface area (Å²) in [5, 5.41) is 3.01. The number of anilines is 1. The van der Waals surface area contributed by atoms with Crippen LogP contribution in [0.3, 0.4) is 0 Å². The van der Waals surface area contributed by atoms with Crippen molar-refractivity contribution in [3.8, 4) is 0 Å². The van der Waals surface area contributed by atoms with Crippen LogP contribution in [-0.4, -0.2) is 60.4 Å². The van der Waals surface area contributed by atoms with Crippen molar-refractivity contribution in [2.75, 3.05) is 38.0 Å². The zero-order valence-electron chi connectivity index (χ0n) is 17.8. The number of aryl methyl sites for hydroxylation is 1. The summed E-state index contributed by atoms with van der Waals surface area (Å²) in [5.74, 6) is -0.0405. The highest BCUT2D eigenvalue weighted by atomic mass is 35.5. The van der Waals surface area contributed by atoms with Crippen molar-refractivity contribution in [2.45, 2.75) is 25.8 Å². The summed E-state index contributed by atoms with van der Waals surface area (Å²) < 4.78 is 0. The number of para-hydroxylation sites is 1. The Bertz CT molecular complexity index is 827. The summed E-state index contributed by atoms with van der Waals surface area (Å²) in [7, 11) is 0. The van der Waals surface area contributed by atoms with E-state index in [0.717, 1.165) is 23.2 Å². The topological polar surface area (TPSA) is 78.7 Å². The van der Waals surface area contributed by atoms with Crippen LogP contribution in [-0.2, 0) is 22.4 Å². The third-order valence-corrected chi connectivity index (χ3v) is 5.34. The van der Waals surface area contributed by atoms with Gasteiger partial charge in [0, 0.05) is 31.9 Å². The van der Waals surface area contributed by atoms with Gasteiger partial charge in [-0.15, -0.1) is 24.8 Å². The first-order valence-corrected chi connectivity index (χ1v) is 10.2. The molecule has 1 fully saturated rings. The Morgan fingerprint density at radius 2 is 1.58 bits per heavy atom. The average molecular weight is 467 g/mol. The molecule has 0 radical (unpaired) electrons. The van der Waals surface area contributed by atoms with Gasteiger partial charge in [-0.1, -0.05) is 55.5 Å². The molecule has 1 unspecified atom stereocenters. The Labute approximate surface area is 197 Å². The minimum Gasteiger partial charge on any atom is -0.339 e. The molecule has 8 heteroatoms. The van der Waals surface area contributed by atoms with E-state index in [2.05, 4.69) is 17.1 Å². The lowest BCUT2D eigenvalue weighted by atomic mass is 10.1. The number of benzene rings is 2. The Kier molecular flexibility index (Phi) is 11.6. The van der Waals surface area contributed by atoms with Gasteiger partial charge in [0.2, 0.25) is 11.8 Å². The highest BCUT2D eigenvalue weighted by Crippen LogP contribution is 2.15. The van der Waals surface area contributed by atoms with Gasteiger partial charge in [0.05, 0.1) is 12.6 Å². The van der Waals surface area contributed by atoms with Gasteiger partial charge in [-0.2, -0.15) is 0 Å². The van der Waals surface area contributed by atoms with Crippen LogP contribution in [0.15, 0.2) is 54.6 Å². The average Bonchev–Trinajstić information content (AvgIpc) is 2.75. The Morgan fingerprint density at radius 1 is 0.968 bits per heavy atom. The van der Waals surface area contributed by atoms with Crippen molar-refractivity contribution in [2.24, 2.45) is 5.73 Å². The van der Waals surface area contributed by atoms with Crippen molar-refractivity contribution in [3.05, 3.63) is 65.7 Å². The fourth-order valence-electron chi connectivity index (χ4n) is 3.66. The van der Waals surface area contributed by atoms with Crippen LogP contribution in [0.5, 0.6) is 0 Å². The molecule has 1 atom stereocenters. The second kappa shape index (κ2) is 13.3. The lowest BCUT2D eigenvalue weighted by Gasteiger charge is -2.35. The number of amides is 2. The summed E-state index contributed by atoms with van der Waals surface area (Å²) in [6.07, 6.45) is 1.42. The van der Waals surface area contributed by atoms with Gasteiger partial charge >= 0.3 is 0 Å². The first-order valence-electron chi connectivity index (χ1n) is 10.2. The Hall–Kier alpha value is -2.12. The molecule has 170 valence electrons. The second-order valence-corrected chi connectivity index (χ2v) is 7.46. The molecule has 1 aliphatic heterocycles.